The zero-order valence-corrected chi connectivity index (χ0v) is 20.3. The van der Waals surface area contributed by atoms with Crippen LogP contribution in [0.25, 0.3) is 0 Å². The SMILES string of the molecule is CN=C(NCc1c(O)ccc2c1CCCC2)NC1CCN(C(=O)C2CCCC2)C1.I. The maximum absolute atomic E-state index is 12.7. The lowest BCUT2D eigenvalue weighted by atomic mass is 9.88. The molecule has 0 bridgehead atoms. The summed E-state index contributed by atoms with van der Waals surface area (Å²) in [6.07, 6.45) is 10.00. The van der Waals surface area contributed by atoms with Crippen LogP contribution in [-0.2, 0) is 24.2 Å². The Morgan fingerprint density at radius 2 is 1.93 bits per heavy atom. The van der Waals surface area contributed by atoms with Gasteiger partial charge in [0.15, 0.2) is 5.96 Å². The highest BCUT2D eigenvalue weighted by molar-refractivity contribution is 14.0. The topological polar surface area (TPSA) is 77.0 Å². The van der Waals surface area contributed by atoms with Crippen LogP contribution >= 0.6 is 24.0 Å². The molecule has 1 atom stereocenters. The predicted molar refractivity (Wildman–Crippen MR) is 130 cm³/mol. The number of aliphatic imine (C=N–C) groups is 1. The number of nitrogens with zero attached hydrogens (tertiary/aromatic N) is 2. The zero-order chi connectivity index (χ0) is 20.2. The van der Waals surface area contributed by atoms with Crippen LogP contribution in [0.3, 0.4) is 0 Å². The van der Waals surface area contributed by atoms with E-state index in [2.05, 4.69) is 21.7 Å². The number of carbonyl (C=O) groups excluding carboxylic acids is 1. The molecule has 0 radical (unpaired) electrons. The summed E-state index contributed by atoms with van der Waals surface area (Å²) in [5.41, 5.74) is 3.66. The summed E-state index contributed by atoms with van der Waals surface area (Å²) in [6, 6.07) is 4.11. The van der Waals surface area contributed by atoms with Crippen LogP contribution in [0, 0.1) is 5.92 Å². The molecular formula is C23H35IN4O2. The van der Waals surface area contributed by atoms with E-state index in [0.29, 0.717) is 18.2 Å². The number of fused-ring (bicyclic) bond motifs is 1. The van der Waals surface area contributed by atoms with Gasteiger partial charge in [-0.15, -0.1) is 24.0 Å². The van der Waals surface area contributed by atoms with E-state index in [1.807, 2.05) is 11.0 Å². The number of aromatic hydroxyl groups is 1. The van der Waals surface area contributed by atoms with Crippen LogP contribution in [-0.4, -0.2) is 48.1 Å². The van der Waals surface area contributed by atoms with Gasteiger partial charge in [0.25, 0.3) is 0 Å². The van der Waals surface area contributed by atoms with Crippen molar-refractivity contribution in [1.29, 1.82) is 0 Å². The van der Waals surface area contributed by atoms with Crippen LogP contribution in [0.5, 0.6) is 5.75 Å². The van der Waals surface area contributed by atoms with Gasteiger partial charge in [-0.05, 0) is 62.1 Å². The van der Waals surface area contributed by atoms with Gasteiger partial charge in [-0.25, -0.2) is 0 Å². The minimum absolute atomic E-state index is 0. The van der Waals surface area contributed by atoms with E-state index in [1.54, 1.807) is 7.05 Å². The summed E-state index contributed by atoms with van der Waals surface area (Å²) in [6.45, 7) is 2.14. The number of nitrogens with one attached hydrogen (secondary N) is 2. The molecule has 1 saturated heterocycles. The highest BCUT2D eigenvalue weighted by atomic mass is 127. The number of hydrogen-bond acceptors (Lipinski definition) is 3. The van der Waals surface area contributed by atoms with Gasteiger partial charge in [0.2, 0.25) is 5.91 Å². The van der Waals surface area contributed by atoms with E-state index in [0.717, 1.165) is 56.7 Å². The number of benzene rings is 1. The van der Waals surface area contributed by atoms with Crippen molar-refractivity contribution < 1.29 is 9.90 Å². The minimum Gasteiger partial charge on any atom is -0.508 e. The monoisotopic (exact) mass is 526 g/mol. The fourth-order valence-corrected chi connectivity index (χ4v) is 5.16. The number of likely N-dealkylation sites (tertiary alicyclic amines) is 1. The fourth-order valence-electron chi connectivity index (χ4n) is 5.16. The summed E-state index contributed by atoms with van der Waals surface area (Å²) in [4.78, 5) is 19.1. The quantitative estimate of drug-likeness (QED) is 0.320. The van der Waals surface area contributed by atoms with Crippen LogP contribution in [0.2, 0.25) is 0 Å². The lowest BCUT2D eigenvalue weighted by Gasteiger charge is -2.23. The standard InChI is InChI=1S/C23H34N4O2.HI/c1-24-23(25-14-20-19-9-5-4-6-16(19)10-11-21(20)28)26-18-12-13-27(15-18)22(29)17-7-2-3-8-17;/h10-11,17-18,28H,2-9,12-15H2,1H3,(H2,24,25,26);1H. The molecule has 1 aliphatic heterocycles. The average molecular weight is 526 g/mol. The maximum atomic E-state index is 12.7. The first-order valence-corrected chi connectivity index (χ1v) is 11.2. The first-order valence-electron chi connectivity index (χ1n) is 11.2. The average Bonchev–Trinajstić information content (AvgIpc) is 3.44. The summed E-state index contributed by atoms with van der Waals surface area (Å²) >= 11 is 0. The molecule has 30 heavy (non-hydrogen) atoms. The Hall–Kier alpha value is -1.51. The first kappa shape index (κ1) is 23.2. The first-order chi connectivity index (χ1) is 14.2. The summed E-state index contributed by atoms with van der Waals surface area (Å²) in [5, 5.41) is 17.2. The lowest BCUT2D eigenvalue weighted by molar-refractivity contribution is -0.134. The number of phenols is 1. The highest BCUT2D eigenvalue weighted by Crippen LogP contribution is 2.30. The number of phenolic OH excluding ortho intramolecular Hbond substituents is 1. The third kappa shape index (κ3) is 5.21. The number of halogens is 1. The Morgan fingerprint density at radius 1 is 1.17 bits per heavy atom. The summed E-state index contributed by atoms with van der Waals surface area (Å²) < 4.78 is 0. The zero-order valence-electron chi connectivity index (χ0n) is 18.0. The Bertz CT molecular complexity index is 777. The van der Waals surface area contributed by atoms with E-state index in [1.165, 1.54) is 36.8 Å². The smallest absolute Gasteiger partial charge is 0.225 e. The molecule has 2 aliphatic carbocycles. The second kappa shape index (κ2) is 10.7. The van der Waals surface area contributed by atoms with Gasteiger partial charge in [-0.2, -0.15) is 0 Å². The molecule has 1 heterocycles. The number of hydrogen-bond donors (Lipinski definition) is 3. The molecule has 166 valence electrons. The van der Waals surface area contributed by atoms with Gasteiger partial charge < -0.3 is 20.6 Å². The van der Waals surface area contributed by atoms with Crippen molar-refractivity contribution >= 4 is 35.8 Å². The van der Waals surface area contributed by atoms with Crippen molar-refractivity contribution in [2.75, 3.05) is 20.1 Å². The van der Waals surface area contributed by atoms with Crippen molar-refractivity contribution in [3.05, 3.63) is 28.8 Å². The van der Waals surface area contributed by atoms with Crippen molar-refractivity contribution in [3.8, 4) is 5.75 Å². The predicted octanol–water partition coefficient (Wildman–Crippen LogP) is 3.35. The van der Waals surface area contributed by atoms with Crippen LogP contribution in [0.15, 0.2) is 17.1 Å². The number of amides is 1. The van der Waals surface area contributed by atoms with Crippen molar-refractivity contribution in [2.45, 2.75) is 70.4 Å². The van der Waals surface area contributed by atoms with Crippen molar-refractivity contribution in [3.63, 3.8) is 0 Å². The number of rotatable bonds is 4. The van der Waals surface area contributed by atoms with E-state index in [4.69, 9.17) is 0 Å². The largest absolute Gasteiger partial charge is 0.508 e. The van der Waals surface area contributed by atoms with Gasteiger partial charge >= 0.3 is 0 Å². The molecule has 1 unspecified atom stereocenters. The Morgan fingerprint density at radius 3 is 2.70 bits per heavy atom. The van der Waals surface area contributed by atoms with Crippen LogP contribution < -0.4 is 10.6 Å². The van der Waals surface area contributed by atoms with Crippen molar-refractivity contribution in [1.82, 2.24) is 15.5 Å². The van der Waals surface area contributed by atoms with E-state index >= 15 is 0 Å². The van der Waals surface area contributed by atoms with E-state index in [-0.39, 0.29) is 35.9 Å². The lowest BCUT2D eigenvalue weighted by Crippen LogP contribution is -2.45. The van der Waals surface area contributed by atoms with Gasteiger partial charge in [0, 0.05) is 44.2 Å². The number of carbonyl (C=O) groups is 1. The molecule has 0 aromatic heterocycles. The van der Waals surface area contributed by atoms with Gasteiger partial charge in [0.05, 0.1) is 0 Å². The van der Waals surface area contributed by atoms with E-state index in [9.17, 15) is 9.90 Å². The van der Waals surface area contributed by atoms with Crippen molar-refractivity contribution in [2.24, 2.45) is 10.9 Å². The Balaban J connectivity index is 0.00000256. The van der Waals surface area contributed by atoms with Crippen LogP contribution in [0.1, 0.15) is 61.6 Å². The molecule has 1 amide bonds. The molecule has 3 aliphatic rings. The summed E-state index contributed by atoms with van der Waals surface area (Å²) in [5.74, 6) is 1.69. The Kier molecular flexibility index (Phi) is 8.25. The number of guanidine groups is 1. The summed E-state index contributed by atoms with van der Waals surface area (Å²) in [7, 11) is 1.77. The third-order valence-electron chi connectivity index (χ3n) is 6.83. The van der Waals surface area contributed by atoms with Crippen LogP contribution in [0.4, 0.5) is 0 Å². The molecule has 7 heteroatoms. The molecule has 6 nitrogen and oxygen atoms in total. The molecule has 3 N–H and O–H groups in total. The van der Waals surface area contributed by atoms with Gasteiger partial charge in [0.1, 0.15) is 5.75 Å². The normalized spacial score (nSPS) is 21.8. The second-order valence-electron chi connectivity index (χ2n) is 8.73. The molecular weight excluding hydrogens is 491 g/mol. The molecule has 4 rings (SSSR count). The van der Waals surface area contributed by atoms with E-state index < -0.39 is 0 Å². The van der Waals surface area contributed by atoms with Gasteiger partial charge in [-0.1, -0.05) is 18.9 Å². The molecule has 0 spiro atoms. The molecule has 1 aromatic rings. The third-order valence-corrected chi connectivity index (χ3v) is 6.83. The molecule has 1 aromatic carbocycles. The maximum Gasteiger partial charge on any atom is 0.225 e. The Labute approximate surface area is 196 Å². The van der Waals surface area contributed by atoms with Gasteiger partial charge in [-0.3, -0.25) is 9.79 Å². The molecule has 1 saturated carbocycles. The molecule has 2 fully saturated rings. The minimum atomic E-state index is 0. The second-order valence-corrected chi connectivity index (χ2v) is 8.73. The fraction of sp³-hybridized carbons (Fsp3) is 0.652. The number of aryl methyl sites for hydroxylation is 1. The highest BCUT2D eigenvalue weighted by Gasteiger charge is 2.32.